The number of nitrogens with zero attached hydrogens (tertiary/aromatic N) is 1. The highest BCUT2D eigenvalue weighted by Gasteiger charge is 2.09. The Hall–Kier alpha value is -3.72. The largest absolute Gasteiger partial charge is 0.497 e. The lowest BCUT2D eigenvalue weighted by molar-refractivity contribution is -0.121. The predicted molar refractivity (Wildman–Crippen MR) is 116 cm³/mol. The molecule has 0 radical (unpaired) electrons. The fraction of sp³-hybridized carbons (Fsp3) is 0.273. The smallest absolute Gasteiger partial charge is 0.271 e. The number of ether oxygens (including phenoxy) is 1. The van der Waals surface area contributed by atoms with E-state index in [0.717, 1.165) is 11.1 Å². The SMILES string of the molecule is COc1ccc(C)c(/C=N/NC(=O)c2ccc(C(=O)NCCC(=O)NCCO)cc2)c1. The van der Waals surface area contributed by atoms with Gasteiger partial charge in [-0.2, -0.15) is 5.10 Å². The summed E-state index contributed by atoms with van der Waals surface area (Å²) in [5.41, 5.74) is 4.96. The van der Waals surface area contributed by atoms with Crippen LogP contribution in [0.25, 0.3) is 0 Å². The highest BCUT2D eigenvalue weighted by atomic mass is 16.5. The van der Waals surface area contributed by atoms with Crippen LogP contribution in [0.2, 0.25) is 0 Å². The van der Waals surface area contributed by atoms with Gasteiger partial charge in [-0.15, -0.1) is 0 Å². The molecular formula is C22H26N4O5. The Morgan fingerprint density at radius 3 is 2.32 bits per heavy atom. The molecule has 0 aromatic heterocycles. The molecule has 0 saturated carbocycles. The van der Waals surface area contributed by atoms with E-state index in [1.165, 1.54) is 30.5 Å². The number of aryl methyl sites for hydroxylation is 1. The third-order valence-electron chi connectivity index (χ3n) is 4.34. The number of hydrogen-bond acceptors (Lipinski definition) is 6. The van der Waals surface area contributed by atoms with Crippen molar-refractivity contribution in [3.05, 3.63) is 64.7 Å². The van der Waals surface area contributed by atoms with E-state index in [4.69, 9.17) is 9.84 Å². The first kappa shape index (κ1) is 23.6. The van der Waals surface area contributed by atoms with Crippen LogP contribution in [0.15, 0.2) is 47.6 Å². The molecule has 0 unspecified atom stereocenters. The zero-order valence-electron chi connectivity index (χ0n) is 17.5. The van der Waals surface area contributed by atoms with Crippen LogP contribution in [0.3, 0.4) is 0 Å². The molecule has 4 N–H and O–H groups in total. The molecule has 2 aromatic rings. The maximum absolute atomic E-state index is 12.2. The van der Waals surface area contributed by atoms with Crippen molar-refractivity contribution in [2.75, 3.05) is 26.8 Å². The van der Waals surface area contributed by atoms with Crippen molar-refractivity contribution in [3.63, 3.8) is 0 Å². The molecule has 0 aliphatic rings. The zero-order valence-corrected chi connectivity index (χ0v) is 17.5. The standard InChI is InChI=1S/C22H26N4O5/c1-15-3-8-19(31-2)13-18(15)14-25-26-22(30)17-6-4-16(5-7-17)21(29)24-10-9-20(28)23-11-12-27/h3-8,13-14,27H,9-12H2,1-2H3,(H,23,28)(H,24,29)(H,26,30)/b25-14+. The van der Waals surface area contributed by atoms with Gasteiger partial charge in [0.25, 0.3) is 11.8 Å². The lowest BCUT2D eigenvalue weighted by Crippen LogP contribution is -2.32. The molecule has 9 nitrogen and oxygen atoms in total. The molecule has 0 aliphatic carbocycles. The van der Waals surface area contributed by atoms with E-state index in [1.54, 1.807) is 7.11 Å². The first-order valence-corrected chi connectivity index (χ1v) is 9.68. The van der Waals surface area contributed by atoms with E-state index < -0.39 is 5.91 Å². The van der Waals surface area contributed by atoms with E-state index in [-0.39, 0.29) is 37.9 Å². The summed E-state index contributed by atoms with van der Waals surface area (Å²) in [6, 6.07) is 11.6. The molecule has 0 atom stereocenters. The molecule has 31 heavy (non-hydrogen) atoms. The topological polar surface area (TPSA) is 129 Å². The van der Waals surface area contributed by atoms with Crippen molar-refractivity contribution in [1.29, 1.82) is 0 Å². The van der Waals surface area contributed by atoms with Gasteiger partial charge >= 0.3 is 0 Å². The van der Waals surface area contributed by atoms with Gasteiger partial charge in [0, 0.05) is 36.2 Å². The average molecular weight is 426 g/mol. The zero-order chi connectivity index (χ0) is 22.6. The van der Waals surface area contributed by atoms with Crippen LogP contribution < -0.4 is 20.8 Å². The fourth-order valence-electron chi connectivity index (χ4n) is 2.56. The molecule has 0 aliphatic heterocycles. The van der Waals surface area contributed by atoms with Crippen molar-refractivity contribution in [2.24, 2.45) is 5.10 Å². The second-order valence-electron chi connectivity index (χ2n) is 6.58. The van der Waals surface area contributed by atoms with E-state index >= 15 is 0 Å². The number of rotatable bonds is 10. The minimum Gasteiger partial charge on any atom is -0.497 e. The Balaban J connectivity index is 1.86. The molecule has 0 saturated heterocycles. The first-order valence-electron chi connectivity index (χ1n) is 9.68. The van der Waals surface area contributed by atoms with Crippen molar-refractivity contribution in [2.45, 2.75) is 13.3 Å². The number of aliphatic hydroxyl groups excluding tert-OH is 1. The average Bonchev–Trinajstić information content (AvgIpc) is 2.78. The van der Waals surface area contributed by atoms with Crippen molar-refractivity contribution in [1.82, 2.24) is 16.1 Å². The van der Waals surface area contributed by atoms with Gasteiger partial charge in [-0.1, -0.05) is 6.07 Å². The Morgan fingerprint density at radius 1 is 1.00 bits per heavy atom. The molecule has 0 heterocycles. The molecular weight excluding hydrogens is 400 g/mol. The second kappa shape index (κ2) is 12.1. The predicted octanol–water partition coefficient (Wildman–Crippen LogP) is 0.996. The summed E-state index contributed by atoms with van der Waals surface area (Å²) in [4.78, 5) is 35.8. The van der Waals surface area contributed by atoms with Gasteiger partial charge in [0.1, 0.15) is 5.75 Å². The number of carbonyl (C=O) groups is 3. The summed E-state index contributed by atoms with van der Waals surface area (Å²) in [6.45, 7) is 2.13. The number of aliphatic hydroxyl groups is 1. The minimum atomic E-state index is -0.413. The van der Waals surface area contributed by atoms with Crippen molar-refractivity contribution in [3.8, 4) is 5.75 Å². The summed E-state index contributed by atoms with van der Waals surface area (Å²) in [5.74, 6) is -0.332. The molecule has 2 rings (SSSR count). The summed E-state index contributed by atoms with van der Waals surface area (Å²) in [6.07, 6.45) is 1.64. The highest BCUT2D eigenvalue weighted by Crippen LogP contribution is 2.15. The second-order valence-corrected chi connectivity index (χ2v) is 6.58. The van der Waals surface area contributed by atoms with Crippen LogP contribution >= 0.6 is 0 Å². The van der Waals surface area contributed by atoms with E-state index in [0.29, 0.717) is 16.9 Å². The number of methoxy groups -OCH3 is 1. The Labute approximate surface area is 180 Å². The number of carbonyl (C=O) groups excluding carboxylic acids is 3. The van der Waals surface area contributed by atoms with Crippen LogP contribution in [0.1, 0.15) is 38.3 Å². The summed E-state index contributed by atoms with van der Waals surface area (Å²) in [7, 11) is 1.58. The lowest BCUT2D eigenvalue weighted by atomic mass is 10.1. The van der Waals surface area contributed by atoms with Gasteiger partial charge in [0.2, 0.25) is 5.91 Å². The molecule has 164 valence electrons. The normalized spacial score (nSPS) is 10.5. The molecule has 0 fully saturated rings. The molecule has 0 bridgehead atoms. The summed E-state index contributed by atoms with van der Waals surface area (Å²) in [5, 5.41) is 17.7. The Morgan fingerprint density at radius 2 is 1.68 bits per heavy atom. The summed E-state index contributed by atoms with van der Waals surface area (Å²) < 4.78 is 5.18. The van der Waals surface area contributed by atoms with Gasteiger partial charge in [-0.05, 0) is 48.9 Å². The van der Waals surface area contributed by atoms with E-state index in [9.17, 15) is 14.4 Å². The van der Waals surface area contributed by atoms with E-state index in [1.807, 2.05) is 25.1 Å². The molecule has 2 aromatic carbocycles. The quantitative estimate of drug-likeness (QED) is 0.333. The summed E-state index contributed by atoms with van der Waals surface area (Å²) >= 11 is 0. The lowest BCUT2D eigenvalue weighted by Gasteiger charge is -2.07. The Bertz CT molecular complexity index is 941. The van der Waals surface area contributed by atoms with Gasteiger partial charge in [-0.25, -0.2) is 5.43 Å². The number of hydrazone groups is 1. The Kier molecular flexibility index (Phi) is 9.18. The van der Waals surface area contributed by atoms with Crippen LogP contribution in [-0.4, -0.2) is 55.8 Å². The fourth-order valence-corrected chi connectivity index (χ4v) is 2.56. The van der Waals surface area contributed by atoms with Gasteiger partial charge in [-0.3, -0.25) is 14.4 Å². The number of nitrogens with one attached hydrogen (secondary N) is 3. The maximum Gasteiger partial charge on any atom is 0.271 e. The third kappa shape index (κ3) is 7.56. The number of amides is 3. The molecule has 9 heteroatoms. The first-order chi connectivity index (χ1) is 14.9. The van der Waals surface area contributed by atoms with Gasteiger partial charge in [0.05, 0.1) is 19.9 Å². The van der Waals surface area contributed by atoms with Gasteiger partial charge in [0.15, 0.2) is 0 Å². The van der Waals surface area contributed by atoms with Crippen LogP contribution in [0.4, 0.5) is 0 Å². The maximum atomic E-state index is 12.2. The molecule has 3 amide bonds. The monoisotopic (exact) mass is 426 g/mol. The van der Waals surface area contributed by atoms with Crippen LogP contribution in [-0.2, 0) is 4.79 Å². The highest BCUT2D eigenvalue weighted by molar-refractivity contribution is 5.98. The number of benzene rings is 2. The van der Waals surface area contributed by atoms with Crippen molar-refractivity contribution >= 4 is 23.9 Å². The number of hydrogen-bond donors (Lipinski definition) is 4. The van der Waals surface area contributed by atoms with Crippen molar-refractivity contribution < 1.29 is 24.2 Å². The molecule has 0 spiro atoms. The third-order valence-corrected chi connectivity index (χ3v) is 4.34. The van der Waals surface area contributed by atoms with Gasteiger partial charge < -0.3 is 20.5 Å². The van der Waals surface area contributed by atoms with Crippen LogP contribution in [0.5, 0.6) is 5.75 Å². The van der Waals surface area contributed by atoms with E-state index in [2.05, 4.69) is 21.2 Å². The minimum absolute atomic E-state index is 0.108. The van der Waals surface area contributed by atoms with Crippen LogP contribution in [0, 0.1) is 6.92 Å².